The molecule has 0 aliphatic carbocycles. The summed E-state index contributed by atoms with van der Waals surface area (Å²) in [6, 6.07) is 9.84. The van der Waals surface area contributed by atoms with Gasteiger partial charge in [-0.25, -0.2) is 28.9 Å². The Kier molecular flexibility index (Phi) is 9.01. The summed E-state index contributed by atoms with van der Waals surface area (Å²) in [5.74, 6) is 0. The Morgan fingerprint density at radius 2 is 1.68 bits per heavy atom. The number of hydrogen-bond donors (Lipinski definition) is 2. The number of anilines is 2. The first kappa shape index (κ1) is 20.6. The van der Waals surface area contributed by atoms with E-state index in [1.54, 1.807) is 11.3 Å². The van der Waals surface area contributed by atoms with E-state index < -0.39 is 10.2 Å². The molecule has 0 unspecified atom stereocenters. The highest BCUT2D eigenvalue weighted by Gasteiger charge is 2.08. The molecular formula is C11H14ClN3O5S2. The summed E-state index contributed by atoms with van der Waals surface area (Å²) in [4.78, 5) is 3.17. The summed E-state index contributed by atoms with van der Waals surface area (Å²) >= 11 is 6.79. The molecule has 11 heteroatoms. The summed E-state index contributed by atoms with van der Waals surface area (Å²) in [5.41, 5.74) is 2.10. The fourth-order valence-electron chi connectivity index (χ4n) is 1.23. The number of para-hydroxylation sites is 1. The molecule has 0 aliphatic rings. The predicted molar refractivity (Wildman–Crippen MR) is 75.5 cm³/mol. The highest BCUT2D eigenvalue weighted by atomic mass is 35.7. The van der Waals surface area contributed by atoms with Crippen molar-refractivity contribution in [3.8, 4) is 0 Å². The van der Waals surface area contributed by atoms with Crippen molar-refractivity contribution in [2.45, 2.75) is 6.92 Å². The van der Waals surface area contributed by atoms with Crippen LogP contribution in [0.5, 0.6) is 0 Å². The van der Waals surface area contributed by atoms with E-state index in [0.29, 0.717) is 5.11 Å². The average Bonchev–Trinajstić information content (AvgIpc) is 2.73. The van der Waals surface area contributed by atoms with E-state index in [4.69, 9.17) is 30.9 Å². The molecule has 122 valence electrons. The summed E-state index contributed by atoms with van der Waals surface area (Å²) in [6.07, 6.45) is 0. The number of aryl methyl sites for hydroxylation is 1. The van der Waals surface area contributed by atoms with Crippen molar-refractivity contribution in [1.82, 2.24) is 0 Å². The standard InChI is InChI=1S/C11H11N3S2.ClHO4.H2O/c1-8-7-16-11(12-8)14-10(15)13-9-5-3-2-4-6-9;2-1(3,4)5;/h2-7H,1H3,(H2,12,13,14,15);(H,2,3,4,5);1H2. The number of benzene rings is 1. The van der Waals surface area contributed by atoms with Gasteiger partial charge in [0.1, 0.15) is 5.69 Å². The van der Waals surface area contributed by atoms with Crippen molar-refractivity contribution in [2.75, 3.05) is 10.6 Å². The van der Waals surface area contributed by atoms with Crippen LogP contribution in [0.25, 0.3) is 0 Å². The van der Waals surface area contributed by atoms with Gasteiger partial charge in [-0.1, -0.05) is 29.5 Å². The first-order chi connectivity index (χ1) is 9.74. The van der Waals surface area contributed by atoms with E-state index in [1.165, 1.54) is 0 Å². The van der Waals surface area contributed by atoms with Crippen LogP contribution in [0.4, 0.5) is 10.8 Å². The van der Waals surface area contributed by atoms with Gasteiger partial charge >= 0.3 is 5.13 Å². The molecule has 22 heavy (non-hydrogen) atoms. The van der Waals surface area contributed by atoms with Gasteiger partial charge in [-0.05, 0) is 31.3 Å². The molecule has 0 fully saturated rings. The summed E-state index contributed by atoms with van der Waals surface area (Å²) < 4.78 is 34.0. The van der Waals surface area contributed by atoms with E-state index in [1.807, 2.05) is 42.6 Å². The fourth-order valence-corrected chi connectivity index (χ4v) is 2.25. The molecular weight excluding hydrogens is 354 g/mol. The van der Waals surface area contributed by atoms with Gasteiger partial charge in [-0.2, -0.15) is 0 Å². The maximum atomic E-state index is 8.49. The maximum absolute atomic E-state index is 8.49. The SMILES string of the molecule is Cc1csc(NC(=S)Nc2ccccc2)[nH+]1.O.[O-][Cl+3]([O-])([O-])[O-]. The third kappa shape index (κ3) is 10.4. The zero-order chi connectivity index (χ0) is 15.9. The third-order valence-electron chi connectivity index (χ3n) is 1.92. The number of hydrogen-bond acceptors (Lipinski definition) is 6. The minimum Gasteiger partial charge on any atom is -0.412 e. The molecule has 0 radical (unpaired) electrons. The first-order valence-corrected chi connectivity index (χ1v) is 7.98. The van der Waals surface area contributed by atoms with Crippen LogP contribution in [0, 0.1) is 17.2 Å². The Hall–Kier alpha value is -1.37. The lowest BCUT2D eigenvalue weighted by molar-refractivity contribution is -2.00. The highest BCUT2D eigenvalue weighted by molar-refractivity contribution is 7.80. The summed E-state index contributed by atoms with van der Waals surface area (Å²) in [7, 11) is -4.94. The minimum atomic E-state index is -4.94. The third-order valence-corrected chi connectivity index (χ3v) is 3.04. The van der Waals surface area contributed by atoms with Gasteiger partial charge in [0.2, 0.25) is 0 Å². The Morgan fingerprint density at radius 1 is 1.14 bits per heavy atom. The lowest BCUT2D eigenvalue weighted by Gasteiger charge is -2.17. The maximum Gasteiger partial charge on any atom is 0.338 e. The molecule has 1 heterocycles. The zero-order valence-corrected chi connectivity index (χ0v) is 13.7. The van der Waals surface area contributed by atoms with Crippen LogP contribution in [0.1, 0.15) is 5.69 Å². The van der Waals surface area contributed by atoms with Crippen LogP contribution in [0.3, 0.4) is 0 Å². The van der Waals surface area contributed by atoms with Crippen LogP contribution >= 0.6 is 23.6 Å². The van der Waals surface area contributed by atoms with Gasteiger partial charge in [-0.15, -0.1) is 10.2 Å². The molecule has 0 saturated heterocycles. The first-order valence-electron chi connectivity index (χ1n) is 5.46. The number of H-pyrrole nitrogens is 1. The molecule has 0 saturated carbocycles. The molecule has 0 amide bonds. The molecule has 8 nitrogen and oxygen atoms in total. The average molecular weight is 368 g/mol. The van der Waals surface area contributed by atoms with Gasteiger partial charge in [0, 0.05) is 11.1 Å². The van der Waals surface area contributed by atoms with E-state index in [-0.39, 0.29) is 5.48 Å². The summed E-state index contributed by atoms with van der Waals surface area (Å²) in [5, 5.41) is 9.76. The number of thiocarbonyl (C=S) groups is 1. The zero-order valence-electron chi connectivity index (χ0n) is 11.3. The van der Waals surface area contributed by atoms with Crippen LogP contribution in [-0.2, 0) is 0 Å². The van der Waals surface area contributed by atoms with Crippen LogP contribution in [-0.4, -0.2) is 10.6 Å². The fraction of sp³-hybridized carbons (Fsp3) is 0.0909. The van der Waals surface area contributed by atoms with E-state index in [0.717, 1.165) is 16.5 Å². The normalized spacial score (nSPS) is 9.86. The van der Waals surface area contributed by atoms with Crippen molar-refractivity contribution in [2.24, 2.45) is 0 Å². The number of aromatic amines is 1. The number of rotatable bonds is 2. The van der Waals surface area contributed by atoms with E-state index in [9.17, 15) is 0 Å². The molecule has 0 atom stereocenters. The molecule has 1 aromatic carbocycles. The number of thiazole rings is 1. The second kappa shape index (κ2) is 9.61. The van der Waals surface area contributed by atoms with Crippen LogP contribution < -0.4 is 34.3 Å². The molecule has 2 rings (SSSR count). The monoisotopic (exact) mass is 367 g/mol. The van der Waals surface area contributed by atoms with Crippen LogP contribution in [0.2, 0.25) is 0 Å². The van der Waals surface area contributed by atoms with Gasteiger partial charge < -0.3 is 10.8 Å². The number of halogens is 1. The number of aromatic nitrogens is 1. The number of nitrogens with one attached hydrogen (secondary N) is 3. The Balaban J connectivity index is 0.000000644. The van der Waals surface area contributed by atoms with Gasteiger partial charge in [0.25, 0.3) is 5.11 Å². The Morgan fingerprint density at radius 3 is 2.14 bits per heavy atom. The molecule has 1 aromatic heterocycles. The quantitative estimate of drug-likeness (QED) is 0.537. The van der Waals surface area contributed by atoms with E-state index in [2.05, 4.69) is 15.6 Å². The predicted octanol–water partition coefficient (Wildman–Crippen LogP) is -2.90. The topological polar surface area (TPSA) is 162 Å². The van der Waals surface area contributed by atoms with Gasteiger partial charge in [0.05, 0.1) is 0 Å². The Bertz CT molecular complexity index is 571. The van der Waals surface area contributed by atoms with Crippen LogP contribution in [0.15, 0.2) is 35.7 Å². The van der Waals surface area contributed by atoms with Crippen molar-refractivity contribution < 1.29 is 39.3 Å². The van der Waals surface area contributed by atoms with Crippen molar-refractivity contribution in [3.63, 3.8) is 0 Å². The van der Waals surface area contributed by atoms with Crippen molar-refractivity contribution in [3.05, 3.63) is 41.4 Å². The molecule has 0 spiro atoms. The smallest absolute Gasteiger partial charge is 0.338 e. The molecule has 5 N–H and O–H groups in total. The largest absolute Gasteiger partial charge is 0.412 e. The van der Waals surface area contributed by atoms with Gasteiger partial charge in [0.15, 0.2) is 0 Å². The second-order valence-electron chi connectivity index (χ2n) is 3.70. The molecule has 2 aromatic rings. The molecule has 0 bridgehead atoms. The molecule has 0 aliphatic heterocycles. The van der Waals surface area contributed by atoms with Gasteiger partial charge in [-0.3, -0.25) is 0 Å². The van der Waals surface area contributed by atoms with Crippen molar-refractivity contribution in [1.29, 1.82) is 0 Å². The lowest BCUT2D eigenvalue weighted by Crippen LogP contribution is -2.68. The highest BCUT2D eigenvalue weighted by Crippen LogP contribution is 2.10. The van der Waals surface area contributed by atoms with Crippen molar-refractivity contribution >= 4 is 39.5 Å². The summed E-state index contributed by atoms with van der Waals surface area (Å²) in [6.45, 7) is 2.01. The van der Waals surface area contributed by atoms with E-state index >= 15 is 0 Å². The minimum absolute atomic E-state index is 0. The lowest BCUT2D eigenvalue weighted by atomic mass is 10.3. The Labute approximate surface area is 138 Å². The second-order valence-corrected chi connectivity index (χ2v) is 5.74.